The number of pyridine rings is 1. The largest absolute Gasteiger partial charge is 0.0163 e. The molecule has 3 aromatic rings. The van der Waals surface area contributed by atoms with Crippen LogP contribution >= 0.6 is 27.5 Å². The Bertz CT molecular complexity index is 1320. The molecule has 0 atom stereocenters. The number of allylic oxidation sites excluding steroid dienone is 2. The van der Waals surface area contributed by atoms with Gasteiger partial charge in [0.25, 0.3) is 0 Å². The van der Waals surface area contributed by atoms with Gasteiger partial charge in [-0.2, -0.15) is 0 Å². The van der Waals surface area contributed by atoms with Gasteiger partial charge in [0.2, 0.25) is 0 Å². The summed E-state index contributed by atoms with van der Waals surface area (Å²) in [6, 6.07) is 15.0. The van der Waals surface area contributed by atoms with Crippen LogP contribution in [0.3, 0.4) is 0 Å². The number of hydrogen-bond donors (Lipinski definition) is 1. The quantitative estimate of drug-likeness (QED) is 0.361. The van der Waals surface area contributed by atoms with Gasteiger partial charge in [0.1, 0.15) is 5.75 Å². The molecule has 0 unspecified atom stereocenters. The molecule has 5 nitrogen and oxygen atoms in total. The second-order valence-corrected chi connectivity index (χ2v) is 11.0. The van der Waals surface area contributed by atoms with E-state index in [0.717, 1.165) is 26.9 Å². The van der Waals surface area contributed by atoms with Crippen molar-refractivity contribution in [2.75, 3.05) is 20.3 Å². The molecule has 1 N–H and O–H groups in total. The molecule has 2 aromatic carbocycles. The Hall–Kier alpha value is -2.07. The number of ether oxygens (including phenoxy) is 2. The second kappa shape index (κ2) is 12.1. The molecule has 2 heterocycles. The fourth-order valence-electron chi connectivity index (χ4n) is 3.58. The standard InChI is InChI=1S/C26H24BrClIN2O3/c1-33-23-4-6-24(7-5-23)34-11-10-31-25-14-22(28)3-2-19(25)13-20(26(31)32)17-30-16-18-12-21(27)8-9-29-15-18/h2-9,12-15,30H,10-11,16-17H2,1H3/q-1. The third-order valence-corrected chi connectivity index (χ3v) is 7.90. The predicted octanol–water partition coefficient (Wildman–Crippen LogP) is 2.61. The summed E-state index contributed by atoms with van der Waals surface area (Å²) in [6.45, 7) is 1.94. The molecule has 0 saturated heterocycles. The van der Waals surface area contributed by atoms with Crippen molar-refractivity contribution in [1.29, 1.82) is 0 Å². The van der Waals surface area contributed by atoms with E-state index in [4.69, 9.17) is 21.1 Å². The van der Waals surface area contributed by atoms with Gasteiger partial charge in [0.05, 0.1) is 7.11 Å². The Morgan fingerprint density at radius 3 is 2.68 bits per heavy atom. The van der Waals surface area contributed by atoms with E-state index in [1.54, 1.807) is 11.7 Å². The van der Waals surface area contributed by atoms with Gasteiger partial charge in [-0.25, -0.2) is 0 Å². The maximum Gasteiger partial charge on any atom is -0.0163 e. The summed E-state index contributed by atoms with van der Waals surface area (Å²) >= 11 is 9.72. The molecule has 178 valence electrons. The summed E-state index contributed by atoms with van der Waals surface area (Å²) in [6.07, 6.45) is 4.21. The molecule has 0 spiro atoms. The van der Waals surface area contributed by atoms with E-state index in [-0.39, 0.29) is 26.8 Å². The van der Waals surface area contributed by atoms with Gasteiger partial charge in [0, 0.05) is 0 Å². The van der Waals surface area contributed by atoms with E-state index in [0.29, 0.717) is 36.8 Å². The van der Waals surface area contributed by atoms with Crippen LogP contribution in [-0.2, 0) is 13.1 Å². The van der Waals surface area contributed by atoms with Crippen LogP contribution in [0.5, 0.6) is 11.5 Å². The minimum atomic E-state index is -0.0859. The Kier molecular flexibility index (Phi) is 8.88. The summed E-state index contributed by atoms with van der Waals surface area (Å²) in [4.78, 5) is 13.4. The van der Waals surface area contributed by atoms with Crippen molar-refractivity contribution in [1.82, 2.24) is 9.88 Å². The first-order valence-electron chi connectivity index (χ1n) is 10.7. The van der Waals surface area contributed by atoms with Crippen LogP contribution in [0.4, 0.5) is 0 Å². The molecule has 1 aromatic heterocycles. The molecule has 0 fully saturated rings. The van der Waals surface area contributed by atoms with E-state index in [1.165, 1.54) is 5.57 Å². The van der Waals surface area contributed by atoms with Gasteiger partial charge in [-0.1, -0.05) is 0 Å². The molecule has 1 aliphatic rings. The topological polar surface area (TPSA) is 52.5 Å². The molecule has 0 amide bonds. The third-order valence-electron chi connectivity index (χ3n) is 5.24. The van der Waals surface area contributed by atoms with Crippen LogP contribution in [-0.4, -0.2) is 24.8 Å². The van der Waals surface area contributed by atoms with Crippen molar-refractivity contribution in [2.24, 2.45) is 0 Å². The van der Waals surface area contributed by atoms with Gasteiger partial charge >= 0.3 is 182 Å². The number of nitrogens with zero attached hydrogens (tertiary/aromatic N) is 1. The number of benzene rings is 2. The van der Waals surface area contributed by atoms with Crippen LogP contribution in [0.15, 0.2) is 83.7 Å². The molecule has 1 aliphatic heterocycles. The first-order valence-corrected chi connectivity index (χ1v) is 14.3. The SMILES string of the molecule is COc1ccc(OCCn2c(=O)c(CNCC3=C[I-]C=CC(Br)=C3)cc3ccc(Cl)cc32)cc1. The minimum absolute atomic E-state index is 0.0405. The van der Waals surface area contributed by atoms with Crippen molar-refractivity contribution >= 4 is 38.4 Å². The Morgan fingerprint density at radius 2 is 1.88 bits per heavy atom. The van der Waals surface area contributed by atoms with Crippen LogP contribution in [0.1, 0.15) is 5.56 Å². The summed E-state index contributed by atoms with van der Waals surface area (Å²) in [5.41, 5.74) is 2.70. The van der Waals surface area contributed by atoms with E-state index >= 15 is 0 Å². The zero-order valence-electron chi connectivity index (χ0n) is 18.6. The number of aromatic nitrogens is 1. The maximum atomic E-state index is 13.4. The average Bonchev–Trinajstić information content (AvgIpc) is 3.05. The number of methoxy groups -OCH3 is 1. The van der Waals surface area contributed by atoms with E-state index in [1.807, 2.05) is 48.5 Å². The molecule has 4 rings (SSSR count). The molecule has 0 saturated carbocycles. The van der Waals surface area contributed by atoms with Crippen molar-refractivity contribution in [3.8, 4) is 11.5 Å². The molecule has 34 heavy (non-hydrogen) atoms. The molecular weight excluding hydrogens is 631 g/mol. The number of halogens is 3. The van der Waals surface area contributed by atoms with Crippen molar-refractivity contribution in [2.45, 2.75) is 13.1 Å². The fraction of sp³-hybridized carbons (Fsp3) is 0.192. The van der Waals surface area contributed by atoms with Gasteiger partial charge < -0.3 is 4.74 Å². The summed E-state index contributed by atoms with van der Waals surface area (Å²) < 4.78 is 18.4. The van der Waals surface area contributed by atoms with Gasteiger partial charge in [-0.05, 0) is 24.3 Å². The van der Waals surface area contributed by atoms with Gasteiger partial charge in [-0.15, -0.1) is 0 Å². The zero-order chi connectivity index (χ0) is 23.9. The first kappa shape index (κ1) is 25.0. The predicted molar refractivity (Wildman–Crippen MR) is 138 cm³/mol. The molecule has 8 heteroatoms. The van der Waals surface area contributed by atoms with E-state index in [2.05, 4.69) is 41.6 Å². The number of hydrogen-bond acceptors (Lipinski definition) is 4. The van der Waals surface area contributed by atoms with Crippen molar-refractivity contribution in [3.63, 3.8) is 0 Å². The first-order chi connectivity index (χ1) is 16.5. The molecular formula is C26H24BrClIN2O3-. The van der Waals surface area contributed by atoms with Crippen LogP contribution in [0.25, 0.3) is 10.9 Å². The molecule has 0 aliphatic carbocycles. The van der Waals surface area contributed by atoms with Crippen LogP contribution in [0.2, 0.25) is 5.02 Å². The van der Waals surface area contributed by atoms with E-state index < -0.39 is 0 Å². The summed E-state index contributed by atoms with van der Waals surface area (Å²) in [5, 5.41) is 4.99. The normalized spacial score (nSPS) is 13.6. The average molecular weight is 655 g/mol. The maximum absolute atomic E-state index is 13.4. The van der Waals surface area contributed by atoms with E-state index in [9.17, 15) is 4.79 Å². The van der Waals surface area contributed by atoms with Gasteiger partial charge in [-0.3, -0.25) is 0 Å². The fourth-order valence-corrected chi connectivity index (χ4v) is 6.33. The summed E-state index contributed by atoms with van der Waals surface area (Å²) in [7, 11) is 1.63. The Labute approximate surface area is 222 Å². The molecule has 0 radical (unpaired) electrons. The van der Waals surface area contributed by atoms with Crippen LogP contribution in [0, 0.1) is 0 Å². The van der Waals surface area contributed by atoms with Crippen molar-refractivity contribution < 1.29 is 30.7 Å². The summed E-state index contributed by atoms with van der Waals surface area (Å²) in [5.74, 6) is 1.49. The second-order valence-electron chi connectivity index (χ2n) is 7.59. The number of fused-ring (bicyclic) bond motifs is 1. The Morgan fingerprint density at radius 1 is 1.09 bits per heavy atom. The zero-order valence-corrected chi connectivity index (χ0v) is 23.1. The minimum Gasteiger partial charge on any atom is -0.0163 e. The number of rotatable bonds is 9. The Balaban J connectivity index is 1.50. The van der Waals surface area contributed by atoms with Gasteiger partial charge in [0.15, 0.2) is 0 Å². The van der Waals surface area contributed by atoms with Crippen LogP contribution < -0.4 is 41.6 Å². The molecule has 0 bridgehead atoms. The number of nitrogens with one attached hydrogen (secondary N) is 1. The smallest absolute Gasteiger partial charge is 0.0163 e. The monoisotopic (exact) mass is 653 g/mol. The van der Waals surface area contributed by atoms with Crippen molar-refractivity contribution in [3.05, 3.63) is 99.8 Å². The third kappa shape index (κ3) is 6.53.